The zero-order chi connectivity index (χ0) is 16.7. The lowest BCUT2D eigenvalue weighted by Crippen LogP contribution is -2.05. The van der Waals surface area contributed by atoms with E-state index in [1.807, 2.05) is 13.0 Å². The Balaban J connectivity index is 1.74. The lowest BCUT2D eigenvalue weighted by atomic mass is 9.99. The number of anilines is 1. The van der Waals surface area contributed by atoms with Crippen LogP contribution in [0.3, 0.4) is 0 Å². The van der Waals surface area contributed by atoms with E-state index < -0.39 is 0 Å². The van der Waals surface area contributed by atoms with Crippen molar-refractivity contribution in [3.05, 3.63) is 76.4 Å². The van der Waals surface area contributed by atoms with Crippen molar-refractivity contribution >= 4 is 22.7 Å². The van der Waals surface area contributed by atoms with Crippen molar-refractivity contribution in [2.75, 3.05) is 5.32 Å². The Morgan fingerprint density at radius 1 is 1.04 bits per heavy atom. The molecule has 1 aliphatic heterocycles. The van der Waals surface area contributed by atoms with Gasteiger partial charge in [-0.25, -0.2) is 0 Å². The van der Waals surface area contributed by atoms with Gasteiger partial charge in [-0.2, -0.15) is 0 Å². The van der Waals surface area contributed by atoms with E-state index in [0.717, 1.165) is 41.7 Å². The summed E-state index contributed by atoms with van der Waals surface area (Å²) in [6.07, 6.45) is 5.20. The summed E-state index contributed by atoms with van der Waals surface area (Å²) in [4.78, 5) is 12.5. The first-order valence-corrected chi connectivity index (χ1v) is 8.61. The summed E-state index contributed by atoms with van der Waals surface area (Å²) >= 11 is 0. The average Bonchev–Trinajstić information content (AvgIpc) is 3.18. The van der Waals surface area contributed by atoms with Gasteiger partial charge < -0.3 is 5.32 Å². The number of allylic oxidation sites excluding steroid dienone is 3. The summed E-state index contributed by atoms with van der Waals surface area (Å²) in [6, 6.07) is 15.0. The largest absolute Gasteiger partial charge is 0.321 e. The first kappa shape index (κ1) is 14.9. The molecule has 1 heterocycles. The van der Waals surface area contributed by atoms with Crippen LogP contribution in [0.25, 0.3) is 11.1 Å². The van der Waals surface area contributed by atoms with Crippen LogP contribution in [0.5, 0.6) is 0 Å². The highest BCUT2D eigenvalue weighted by Crippen LogP contribution is 2.40. The van der Waals surface area contributed by atoms with Crippen molar-refractivity contribution in [1.29, 1.82) is 0 Å². The zero-order valence-electron chi connectivity index (χ0n) is 14.1. The van der Waals surface area contributed by atoms with Crippen molar-refractivity contribution in [2.45, 2.75) is 33.1 Å². The first-order chi connectivity index (χ1) is 11.7. The van der Waals surface area contributed by atoms with Gasteiger partial charge in [0.15, 0.2) is 0 Å². The van der Waals surface area contributed by atoms with E-state index in [-0.39, 0.29) is 5.91 Å². The maximum atomic E-state index is 12.5. The molecule has 0 bridgehead atoms. The van der Waals surface area contributed by atoms with Gasteiger partial charge in [0.25, 0.3) is 5.91 Å². The molecule has 0 saturated heterocycles. The van der Waals surface area contributed by atoms with Crippen molar-refractivity contribution in [3.63, 3.8) is 0 Å². The Morgan fingerprint density at radius 3 is 2.58 bits per heavy atom. The highest BCUT2D eigenvalue weighted by atomic mass is 16.2. The van der Waals surface area contributed by atoms with Crippen LogP contribution >= 0.6 is 0 Å². The van der Waals surface area contributed by atoms with Crippen LogP contribution in [0.15, 0.2) is 54.1 Å². The van der Waals surface area contributed by atoms with E-state index in [2.05, 4.69) is 54.7 Å². The molecule has 1 N–H and O–H groups in total. The number of carbonyl (C=O) groups excluding carboxylic acids is 1. The predicted molar refractivity (Wildman–Crippen MR) is 99.8 cm³/mol. The molecule has 0 radical (unpaired) electrons. The molecule has 1 aliphatic carbocycles. The first-order valence-electron chi connectivity index (χ1n) is 8.61. The van der Waals surface area contributed by atoms with Crippen LogP contribution in [0.1, 0.15) is 42.0 Å². The second-order valence-electron chi connectivity index (χ2n) is 6.62. The second-order valence-corrected chi connectivity index (χ2v) is 6.62. The van der Waals surface area contributed by atoms with Crippen LogP contribution in [0, 0.1) is 6.92 Å². The lowest BCUT2D eigenvalue weighted by molar-refractivity contribution is -0.110. The Hall–Kier alpha value is -2.61. The molecule has 0 atom stereocenters. The molecule has 120 valence electrons. The smallest absolute Gasteiger partial charge is 0.256 e. The molecule has 0 fully saturated rings. The molecule has 2 nitrogen and oxygen atoms in total. The van der Waals surface area contributed by atoms with E-state index in [1.54, 1.807) is 0 Å². The summed E-state index contributed by atoms with van der Waals surface area (Å²) < 4.78 is 0. The molecular formula is C22H21NO. The maximum Gasteiger partial charge on any atom is 0.256 e. The van der Waals surface area contributed by atoms with Gasteiger partial charge in [0.05, 0.1) is 5.57 Å². The molecular weight excluding hydrogens is 294 g/mol. The molecule has 2 aromatic rings. The van der Waals surface area contributed by atoms with Gasteiger partial charge in [-0.15, -0.1) is 0 Å². The van der Waals surface area contributed by atoms with Crippen LogP contribution < -0.4 is 5.32 Å². The third-order valence-corrected chi connectivity index (χ3v) is 4.99. The normalized spacial score (nSPS) is 19.2. The summed E-state index contributed by atoms with van der Waals surface area (Å²) in [7, 11) is 0. The Morgan fingerprint density at radius 2 is 1.83 bits per heavy atom. The molecule has 2 aliphatic rings. The van der Waals surface area contributed by atoms with Gasteiger partial charge in [-0.1, -0.05) is 49.4 Å². The molecule has 24 heavy (non-hydrogen) atoms. The minimum absolute atomic E-state index is 0.0319. The molecule has 0 saturated carbocycles. The van der Waals surface area contributed by atoms with Crippen molar-refractivity contribution in [3.8, 4) is 0 Å². The molecule has 0 unspecified atom stereocenters. The second kappa shape index (κ2) is 5.79. The summed E-state index contributed by atoms with van der Waals surface area (Å²) in [5.74, 6) is 0.0319. The van der Waals surface area contributed by atoms with Gasteiger partial charge in [-0.3, -0.25) is 4.79 Å². The van der Waals surface area contributed by atoms with Gasteiger partial charge in [0.2, 0.25) is 0 Å². The summed E-state index contributed by atoms with van der Waals surface area (Å²) in [5, 5.41) is 3.01. The maximum absolute atomic E-state index is 12.5. The standard InChI is InChI=1S/C22H21NO/c1-3-15-5-7-16(8-6-15)17-9-10-18(13-17)21-19-11-4-14(2)12-20(19)23-22(21)24/h4-8,11-13H,3,9-10H2,1-2H3,(H,23,24)/b21-18-. The van der Waals surface area contributed by atoms with E-state index in [4.69, 9.17) is 0 Å². The minimum Gasteiger partial charge on any atom is -0.321 e. The highest BCUT2D eigenvalue weighted by molar-refractivity contribution is 6.32. The monoisotopic (exact) mass is 315 g/mol. The third kappa shape index (κ3) is 2.48. The van der Waals surface area contributed by atoms with Crippen LogP contribution in [-0.4, -0.2) is 5.91 Å². The quantitative estimate of drug-likeness (QED) is 0.764. The third-order valence-electron chi connectivity index (χ3n) is 4.99. The number of fused-ring (bicyclic) bond motifs is 1. The number of hydrogen-bond acceptors (Lipinski definition) is 1. The van der Waals surface area contributed by atoms with E-state index in [0.29, 0.717) is 0 Å². The van der Waals surface area contributed by atoms with Gasteiger partial charge in [0.1, 0.15) is 0 Å². The Labute approximate surface area is 142 Å². The van der Waals surface area contributed by atoms with Gasteiger partial charge in [-0.05, 0) is 60.1 Å². The van der Waals surface area contributed by atoms with Crippen LogP contribution in [0.2, 0.25) is 0 Å². The fraction of sp³-hybridized carbons (Fsp3) is 0.227. The molecule has 1 amide bonds. The van der Waals surface area contributed by atoms with Crippen LogP contribution in [-0.2, 0) is 11.2 Å². The molecule has 4 rings (SSSR count). The van der Waals surface area contributed by atoms with Gasteiger partial charge in [0, 0.05) is 11.3 Å². The number of amides is 1. The number of aryl methyl sites for hydroxylation is 2. The molecule has 0 spiro atoms. The van der Waals surface area contributed by atoms with Crippen molar-refractivity contribution < 1.29 is 4.79 Å². The van der Waals surface area contributed by atoms with E-state index in [1.165, 1.54) is 22.3 Å². The fourth-order valence-electron chi connectivity index (χ4n) is 3.61. The average molecular weight is 315 g/mol. The van der Waals surface area contributed by atoms with Crippen molar-refractivity contribution in [1.82, 2.24) is 0 Å². The number of benzene rings is 2. The highest BCUT2D eigenvalue weighted by Gasteiger charge is 2.28. The summed E-state index contributed by atoms with van der Waals surface area (Å²) in [6.45, 7) is 4.22. The zero-order valence-corrected chi connectivity index (χ0v) is 14.1. The predicted octanol–water partition coefficient (Wildman–Crippen LogP) is 5.14. The summed E-state index contributed by atoms with van der Waals surface area (Å²) in [5.41, 5.74) is 9.11. The minimum atomic E-state index is 0.0319. The van der Waals surface area contributed by atoms with E-state index >= 15 is 0 Å². The number of rotatable bonds is 2. The number of carbonyl (C=O) groups is 1. The van der Waals surface area contributed by atoms with E-state index in [9.17, 15) is 4.79 Å². The Bertz CT molecular complexity index is 885. The topological polar surface area (TPSA) is 29.1 Å². The van der Waals surface area contributed by atoms with Crippen molar-refractivity contribution in [2.24, 2.45) is 0 Å². The number of hydrogen-bond donors (Lipinski definition) is 1. The lowest BCUT2D eigenvalue weighted by Gasteiger charge is -2.02. The number of nitrogens with one attached hydrogen (secondary N) is 1. The molecule has 0 aromatic heterocycles. The van der Waals surface area contributed by atoms with Gasteiger partial charge >= 0.3 is 0 Å². The SMILES string of the molecule is CCc1ccc(C2=C/C(=C3\C(=O)Nc4cc(C)ccc43)CC2)cc1. The fourth-order valence-corrected chi connectivity index (χ4v) is 3.61. The molecule has 2 heteroatoms. The molecule has 2 aromatic carbocycles. The van der Waals surface area contributed by atoms with Crippen LogP contribution in [0.4, 0.5) is 5.69 Å². The Kier molecular flexibility index (Phi) is 3.61.